The number of imidazole rings is 4. The first-order valence-electron chi connectivity index (χ1n) is 45.8. The van der Waals surface area contributed by atoms with Crippen molar-refractivity contribution in [3.05, 3.63) is 270 Å². The van der Waals surface area contributed by atoms with Crippen LogP contribution in [0, 0.1) is 17.8 Å². The SMILES string of the molecule is CC(C)C(=O)Nc1cncc(-c2cnc3n[nH]c(-c4nc5c(-c6ccccn6)cncc5[nH]4)c3c2)c1.CC(C)C(=O)Nc1cncc(-c2cnc3n[nH]c(-c4nc5c(-c6ccncc6)cncc5[nH]4)c3c2)c1.CC(C)CC(=O)Nc1cncc(-c2cnc3n[nH]c(-c4nc5c(-c6ccccn6)cncc5[nH]4)c3c2)c1.CCC(=O)Nc1cncc(-c2cnc3n[nH]c(-c4nc5c(-c6ccncc6)cncc5[nH]4)c3c2)c1. The third kappa shape index (κ3) is 19.1. The predicted molar refractivity (Wildman–Crippen MR) is 547 cm³/mol. The van der Waals surface area contributed by atoms with Crippen molar-refractivity contribution in [2.45, 2.75) is 61.3 Å². The van der Waals surface area contributed by atoms with Crippen molar-refractivity contribution in [3.63, 3.8) is 0 Å². The zero-order valence-electron chi connectivity index (χ0n) is 77.9. The van der Waals surface area contributed by atoms with Gasteiger partial charge in [-0.1, -0.05) is 60.6 Å². The molecule has 24 rings (SSSR count). The van der Waals surface area contributed by atoms with Crippen LogP contribution in [0.1, 0.15) is 61.3 Å². The van der Waals surface area contributed by atoms with Crippen molar-refractivity contribution in [3.8, 4) is 135 Å². The van der Waals surface area contributed by atoms with E-state index >= 15 is 0 Å². The number of hydrogen-bond donors (Lipinski definition) is 12. The highest BCUT2D eigenvalue weighted by Gasteiger charge is 2.25. The molecule has 0 aliphatic carbocycles. The second-order valence-electron chi connectivity index (χ2n) is 34.5. The van der Waals surface area contributed by atoms with Crippen LogP contribution < -0.4 is 21.3 Å². The smallest absolute Gasteiger partial charge is 0.226 e. The number of carbonyl (C=O) groups excluding carboxylic acids is 4. The van der Waals surface area contributed by atoms with E-state index < -0.39 is 0 Å². The molecular formula is C104H84N36O4. The maximum Gasteiger partial charge on any atom is 0.226 e. The molecule has 12 N–H and O–H groups in total. The van der Waals surface area contributed by atoms with Gasteiger partial charge in [-0.2, -0.15) is 20.4 Å². The van der Waals surface area contributed by atoms with Crippen molar-refractivity contribution in [2.24, 2.45) is 17.8 Å². The Labute approximate surface area is 815 Å². The van der Waals surface area contributed by atoms with E-state index in [0.717, 1.165) is 161 Å². The molecule has 0 spiro atoms. The topological polar surface area (TPSA) is 552 Å². The molecule has 144 heavy (non-hydrogen) atoms. The number of nitrogens with one attached hydrogen (secondary N) is 12. The Morgan fingerprint density at radius 3 is 0.875 bits per heavy atom. The number of aromatic nitrogens is 32. The summed E-state index contributed by atoms with van der Waals surface area (Å²) in [5.74, 6) is 2.28. The number of hydrogen-bond acceptors (Lipinski definition) is 28. The summed E-state index contributed by atoms with van der Waals surface area (Å²) in [7, 11) is 0. The fourth-order valence-corrected chi connectivity index (χ4v) is 16.1. The van der Waals surface area contributed by atoms with Crippen molar-refractivity contribution in [2.75, 3.05) is 21.3 Å². The fourth-order valence-electron chi connectivity index (χ4n) is 16.1. The minimum atomic E-state index is -0.127. The molecule has 0 aliphatic rings. The van der Waals surface area contributed by atoms with E-state index in [1.165, 1.54) is 0 Å². The van der Waals surface area contributed by atoms with E-state index in [1.54, 1.807) is 168 Å². The van der Waals surface area contributed by atoms with E-state index in [0.29, 0.717) is 98.6 Å². The summed E-state index contributed by atoms with van der Waals surface area (Å²) in [4.78, 5) is 151. The summed E-state index contributed by atoms with van der Waals surface area (Å²) < 4.78 is 0. The molecule has 0 saturated heterocycles. The standard InChI is InChI=1S/C27H23N9O.2C26H21N9O.C25H19N9O/c1-15(2)7-23(37)32-18-8-16(10-28-12-18)17-9-19-25(35-36-26(19)31-11-17)27-33-22-14-29-13-20(24(22)34-27)21-5-3-4-6-30-21;1-14(2)26(36)31-18-7-16(9-28-11-18)17-8-19-23(34-35-24(19)30-10-17)25-32-21-13-29-12-20(22(21)33-25)15-3-5-27-6-4-15;1-14(2)26(36)31-17-7-15(9-27-11-17)16-8-18-23(34-35-24(18)30-10-16)25-32-21-13-28-12-19(22(21)33-25)20-5-3-4-6-29-20;1-2-21(35)30-17-7-15(9-27-11-17)16-8-18-23(33-34-24(18)29-10-16)25-31-20-13-28-12-19(22(20)32-25)14-3-5-26-6-4-14/h3-6,8-15H,7H2,1-2H3,(H,32,37)(H,33,34)(H,31,35,36);2*3-14H,1-2H3,(H,31,36)(H,32,33)(H,30,34,35);3-13H,2H2,1H3,(H,30,35)(H,31,32)(H,29,33,34). The minimum Gasteiger partial charge on any atom is -0.335 e. The van der Waals surface area contributed by atoms with Crippen LogP contribution in [0.2, 0.25) is 0 Å². The Kier molecular flexibility index (Phi) is 24.9. The summed E-state index contributed by atoms with van der Waals surface area (Å²) in [6.45, 7) is 13.2. The summed E-state index contributed by atoms with van der Waals surface area (Å²) in [6.07, 6.45) is 45.8. The lowest BCUT2D eigenvalue weighted by molar-refractivity contribution is -0.119. The fraction of sp³-hybridized carbons (Fsp3) is 0.115. The Morgan fingerprint density at radius 2 is 0.576 bits per heavy atom. The number of aromatic amines is 8. The van der Waals surface area contributed by atoms with Gasteiger partial charge in [0.15, 0.2) is 45.9 Å². The molecule has 4 amide bonds. The molecule has 40 nitrogen and oxygen atoms in total. The molecule has 24 aromatic rings. The molecule has 704 valence electrons. The summed E-state index contributed by atoms with van der Waals surface area (Å²) in [5.41, 5.74) is 27.7. The van der Waals surface area contributed by atoms with Crippen LogP contribution >= 0.6 is 0 Å². The van der Waals surface area contributed by atoms with Crippen LogP contribution in [0.15, 0.2) is 270 Å². The number of fused-ring (bicyclic) bond motifs is 8. The molecule has 0 fully saturated rings. The Balaban J connectivity index is 0.000000113. The minimum absolute atomic E-state index is 0.0379. The van der Waals surface area contributed by atoms with Gasteiger partial charge in [-0.15, -0.1) is 0 Å². The lowest BCUT2D eigenvalue weighted by atomic mass is 10.1. The monoisotopic (exact) mass is 1900 g/mol. The average Bonchev–Trinajstić information content (AvgIpc) is 1.63. The number of amides is 4. The third-order valence-electron chi connectivity index (χ3n) is 23.4. The lowest BCUT2D eigenvalue weighted by Gasteiger charge is -2.09. The van der Waals surface area contributed by atoms with Gasteiger partial charge in [0.25, 0.3) is 0 Å². The van der Waals surface area contributed by atoms with E-state index in [2.05, 4.69) is 162 Å². The first-order valence-corrected chi connectivity index (χ1v) is 45.8. The second kappa shape index (κ2) is 39.6. The highest BCUT2D eigenvalue weighted by Crippen LogP contribution is 2.40. The Hall–Kier alpha value is -20.0. The summed E-state index contributed by atoms with van der Waals surface area (Å²) in [5, 5.41) is 44.5. The van der Waals surface area contributed by atoms with Gasteiger partial charge in [0.2, 0.25) is 23.6 Å². The zero-order chi connectivity index (χ0) is 98.4. The van der Waals surface area contributed by atoms with Crippen molar-refractivity contribution >= 4 is 135 Å². The van der Waals surface area contributed by atoms with Crippen molar-refractivity contribution in [1.29, 1.82) is 0 Å². The summed E-state index contributed by atoms with van der Waals surface area (Å²) >= 11 is 0. The normalized spacial score (nSPS) is 11.4. The van der Waals surface area contributed by atoms with Crippen LogP contribution in [-0.4, -0.2) is 184 Å². The maximum atomic E-state index is 12.2. The van der Waals surface area contributed by atoms with Crippen LogP contribution in [0.4, 0.5) is 22.7 Å². The number of carbonyl (C=O) groups is 4. The van der Waals surface area contributed by atoms with Gasteiger partial charge in [-0.05, 0) is 114 Å². The van der Waals surface area contributed by atoms with E-state index in [-0.39, 0.29) is 41.4 Å². The molecule has 0 aromatic carbocycles. The van der Waals surface area contributed by atoms with Gasteiger partial charge < -0.3 is 41.2 Å². The Morgan fingerprint density at radius 1 is 0.285 bits per heavy atom. The number of nitrogens with zero attached hydrogens (tertiary/aromatic N) is 24. The average molecular weight is 1900 g/mol. The molecule has 0 atom stereocenters. The quantitative estimate of drug-likeness (QED) is 0.0318. The van der Waals surface area contributed by atoms with Gasteiger partial charge in [-0.25, -0.2) is 39.9 Å². The molecule has 0 saturated carbocycles. The van der Waals surface area contributed by atoms with Crippen LogP contribution in [0.3, 0.4) is 0 Å². The second-order valence-corrected chi connectivity index (χ2v) is 34.5. The molecule has 24 aromatic heterocycles. The van der Waals surface area contributed by atoms with Gasteiger partial charge in [0.1, 0.15) is 33.8 Å². The third-order valence-corrected chi connectivity index (χ3v) is 23.4. The van der Waals surface area contributed by atoms with E-state index in [1.807, 2.05) is 151 Å². The summed E-state index contributed by atoms with van der Waals surface area (Å²) in [6, 6.07) is 34.6. The first-order chi connectivity index (χ1) is 70.4. The molecule has 0 radical (unpaired) electrons. The van der Waals surface area contributed by atoms with Gasteiger partial charge in [-0.3, -0.25) is 99.4 Å². The van der Waals surface area contributed by atoms with Crippen molar-refractivity contribution < 1.29 is 19.2 Å². The number of pyridine rings is 16. The number of anilines is 4. The predicted octanol–water partition coefficient (Wildman–Crippen LogP) is 18.6. The maximum absolute atomic E-state index is 12.2. The lowest BCUT2D eigenvalue weighted by Crippen LogP contribution is -2.17. The molecular weight excluding hydrogens is 1820 g/mol. The van der Waals surface area contributed by atoms with Crippen LogP contribution in [0.25, 0.3) is 224 Å². The van der Waals surface area contributed by atoms with Gasteiger partial charge >= 0.3 is 0 Å². The molecule has 0 bridgehead atoms. The van der Waals surface area contributed by atoms with Gasteiger partial charge in [0, 0.05) is 203 Å². The molecule has 24 heterocycles. The highest BCUT2D eigenvalue weighted by atomic mass is 16.2. The molecule has 0 aliphatic heterocycles. The number of H-pyrrole nitrogens is 8. The largest absolute Gasteiger partial charge is 0.335 e. The van der Waals surface area contributed by atoms with Crippen molar-refractivity contribution in [1.82, 2.24) is 160 Å². The number of rotatable bonds is 21. The van der Waals surface area contributed by atoms with E-state index in [4.69, 9.17) is 19.9 Å². The first kappa shape index (κ1) is 90.5. The Bertz CT molecular complexity index is 8660. The molecule has 40 heteroatoms. The zero-order valence-corrected chi connectivity index (χ0v) is 77.9. The van der Waals surface area contributed by atoms with E-state index in [9.17, 15) is 19.2 Å². The van der Waals surface area contributed by atoms with Gasteiger partial charge in [0.05, 0.1) is 138 Å². The molecule has 0 unspecified atom stereocenters. The highest BCUT2D eigenvalue weighted by molar-refractivity contribution is 6.04. The van der Waals surface area contributed by atoms with Crippen LogP contribution in [0.5, 0.6) is 0 Å². The van der Waals surface area contributed by atoms with Crippen LogP contribution in [-0.2, 0) is 19.2 Å².